The summed E-state index contributed by atoms with van der Waals surface area (Å²) >= 11 is 0. The first kappa shape index (κ1) is 12.9. The topological polar surface area (TPSA) is 3.24 Å². The summed E-state index contributed by atoms with van der Waals surface area (Å²) in [6.45, 7) is 2.65. The van der Waals surface area contributed by atoms with E-state index in [0.29, 0.717) is 5.41 Å². The maximum absolute atomic E-state index is 2.56. The van der Waals surface area contributed by atoms with Gasteiger partial charge in [-0.15, -0.1) is 0 Å². The van der Waals surface area contributed by atoms with Crippen molar-refractivity contribution in [3.8, 4) is 0 Å². The Hall–Kier alpha value is -0.820. The molecule has 0 radical (unpaired) electrons. The van der Waals surface area contributed by atoms with E-state index in [9.17, 15) is 0 Å². The summed E-state index contributed by atoms with van der Waals surface area (Å²) in [5.41, 5.74) is 3.95. The van der Waals surface area contributed by atoms with E-state index < -0.39 is 0 Å². The quantitative estimate of drug-likeness (QED) is 0.688. The molecule has 1 heterocycles. The van der Waals surface area contributed by atoms with E-state index in [4.69, 9.17) is 0 Å². The Morgan fingerprint density at radius 2 is 1.95 bits per heavy atom. The Kier molecular flexibility index (Phi) is 3.14. The van der Waals surface area contributed by atoms with Gasteiger partial charge >= 0.3 is 0 Å². The van der Waals surface area contributed by atoms with Gasteiger partial charge < -0.3 is 4.90 Å². The van der Waals surface area contributed by atoms with Crippen LogP contribution in [0.1, 0.15) is 49.7 Å². The van der Waals surface area contributed by atoms with Crippen molar-refractivity contribution < 1.29 is 0 Å². The van der Waals surface area contributed by atoms with Crippen LogP contribution in [0.3, 0.4) is 0 Å². The number of likely N-dealkylation sites (tertiary alicyclic amines) is 1. The average molecular weight is 269 g/mol. The zero-order valence-corrected chi connectivity index (χ0v) is 12.8. The first-order valence-electron chi connectivity index (χ1n) is 8.56. The lowest BCUT2D eigenvalue weighted by Gasteiger charge is -2.54. The van der Waals surface area contributed by atoms with Crippen LogP contribution >= 0.6 is 0 Å². The second-order valence-corrected chi connectivity index (χ2v) is 7.48. The van der Waals surface area contributed by atoms with Crippen molar-refractivity contribution >= 4 is 0 Å². The number of piperidine rings is 1. The van der Waals surface area contributed by atoms with Gasteiger partial charge in [-0.3, -0.25) is 0 Å². The smallest absolute Gasteiger partial charge is 0.000959 e. The standard InChI is InChI=1S/C19H27N/c1-20-13-10-18-16(14-20)8-5-12-19(18)11-4-7-15-6-2-3-9-17(15)19/h2-3,6,9,16,18H,4-5,7-8,10-14H2,1H3/t16-,18-,19+/m1/s1. The van der Waals surface area contributed by atoms with Crippen molar-refractivity contribution in [2.75, 3.05) is 20.1 Å². The third-order valence-electron chi connectivity index (χ3n) is 6.47. The van der Waals surface area contributed by atoms with Crippen LogP contribution in [0.25, 0.3) is 0 Å². The van der Waals surface area contributed by atoms with Crippen molar-refractivity contribution in [1.29, 1.82) is 0 Å². The largest absolute Gasteiger partial charge is 0.306 e. The highest BCUT2D eigenvalue weighted by atomic mass is 15.1. The number of aryl methyl sites for hydroxylation is 1. The molecule has 1 nitrogen and oxygen atoms in total. The van der Waals surface area contributed by atoms with Gasteiger partial charge in [-0.1, -0.05) is 30.7 Å². The van der Waals surface area contributed by atoms with E-state index in [-0.39, 0.29) is 0 Å². The van der Waals surface area contributed by atoms with Crippen LogP contribution in [0.5, 0.6) is 0 Å². The van der Waals surface area contributed by atoms with Crippen LogP contribution < -0.4 is 0 Å². The molecule has 1 heteroatoms. The van der Waals surface area contributed by atoms with Crippen LogP contribution in [0.15, 0.2) is 24.3 Å². The van der Waals surface area contributed by atoms with E-state index in [1.807, 2.05) is 0 Å². The van der Waals surface area contributed by atoms with Crippen molar-refractivity contribution in [2.45, 2.75) is 50.4 Å². The Morgan fingerprint density at radius 3 is 2.90 bits per heavy atom. The fourth-order valence-electron chi connectivity index (χ4n) is 5.70. The highest BCUT2D eigenvalue weighted by Crippen LogP contribution is 2.54. The number of hydrogen-bond donors (Lipinski definition) is 0. The third-order valence-corrected chi connectivity index (χ3v) is 6.47. The monoisotopic (exact) mass is 269 g/mol. The van der Waals surface area contributed by atoms with Gasteiger partial charge in [-0.2, -0.15) is 0 Å². The SMILES string of the molecule is CN1CC[C@@H]2[C@H](CCC[C@]23CCCc2ccccc23)C1. The first-order valence-corrected chi connectivity index (χ1v) is 8.56. The summed E-state index contributed by atoms with van der Waals surface area (Å²) in [6, 6.07) is 9.39. The highest BCUT2D eigenvalue weighted by Gasteiger charge is 2.49. The zero-order chi connectivity index (χ0) is 13.6. The molecule has 20 heavy (non-hydrogen) atoms. The molecule has 2 aliphatic carbocycles. The highest BCUT2D eigenvalue weighted by molar-refractivity contribution is 5.38. The van der Waals surface area contributed by atoms with E-state index in [2.05, 4.69) is 36.2 Å². The number of nitrogens with zero attached hydrogens (tertiary/aromatic N) is 1. The molecule has 4 rings (SSSR count). The molecular weight excluding hydrogens is 242 g/mol. The lowest BCUT2D eigenvalue weighted by atomic mass is 9.52. The molecule has 1 saturated heterocycles. The van der Waals surface area contributed by atoms with Gasteiger partial charge in [0.1, 0.15) is 0 Å². The number of hydrogen-bond acceptors (Lipinski definition) is 1. The van der Waals surface area contributed by atoms with Gasteiger partial charge in [0, 0.05) is 6.54 Å². The first-order chi connectivity index (χ1) is 9.79. The van der Waals surface area contributed by atoms with Gasteiger partial charge in [-0.25, -0.2) is 0 Å². The normalized spacial score (nSPS) is 37.5. The molecule has 1 aromatic carbocycles. The Balaban J connectivity index is 1.76. The third kappa shape index (κ3) is 1.86. The molecule has 1 aromatic rings. The van der Waals surface area contributed by atoms with Gasteiger partial charge in [0.15, 0.2) is 0 Å². The van der Waals surface area contributed by atoms with Crippen molar-refractivity contribution in [2.24, 2.45) is 11.8 Å². The van der Waals surface area contributed by atoms with Crippen LogP contribution in [0, 0.1) is 11.8 Å². The summed E-state index contributed by atoms with van der Waals surface area (Å²) in [5, 5.41) is 0. The number of fused-ring (bicyclic) bond motifs is 4. The van der Waals surface area contributed by atoms with Gasteiger partial charge in [-0.05, 0) is 80.5 Å². The Bertz CT molecular complexity index is 494. The summed E-state index contributed by atoms with van der Waals surface area (Å²) in [7, 11) is 2.31. The summed E-state index contributed by atoms with van der Waals surface area (Å²) < 4.78 is 0. The van der Waals surface area contributed by atoms with E-state index in [1.165, 1.54) is 58.0 Å². The number of rotatable bonds is 0. The fraction of sp³-hybridized carbons (Fsp3) is 0.684. The van der Waals surface area contributed by atoms with Crippen molar-refractivity contribution in [3.63, 3.8) is 0 Å². The minimum Gasteiger partial charge on any atom is -0.306 e. The maximum atomic E-state index is 2.56. The molecule has 2 fully saturated rings. The minimum atomic E-state index is 0.541. The molecular formula is C19H27N. The van der Waals surface area contributed by atoms with Crippen molar-refractivity contribution in [1.82, 2.24) is 4.90 Å². The summed E-state index contributed by atoms with van der Waals surface area (Å²) in [4.78, 5) is 2.56. The molecule has 0 aromatic heterocycles. The second kappa shape index (κ2) is 4.87. The second-order valence-electron chi connectivity index (χ2n) is 7.48. The molecule has 0 bridgehead atoms. The lowest BCUT2D eigenvalue weighted by Crippen LogP contribution is -2.51. The number of benzene rings is 1. The predicted octanol–water partition coefficient (Wildman–Crippen LogP) is 4.01. The molecule has 0 unspecified atom stereocenters. The minimum absolute atomic E-state index is 0.541. The van der Waals surface area contributed by atoms with Crippen LogP contribution in [-0.4, -0.2) is 25.0 Å². The average Bonchev–Trinajstić information content (AvgIpc) is 2.48. The molecule has 3 atom stereocenters. The van der Waals surface area contributed by atoms with Crippen molar-refractivity contribution in [3.05, 3.63) is 35.4 Å². The van der Waals surface area contributed by atoms with Gasteiger partial charge in [0.25, 0.3) is 0 Å². The molecule has 0 N–H and O–H groups in total. The molecule has 3 aliphatic rings. The fourth-order valence-corrected chi connectivity index (χ4v) is 5.70. The molecule has 1 saturated carbocycles. The van der Waals surface area contributed by atoms with Gasteiger partial charge in [0.2, 0.25) is 0 Å². The van der Waals surface area contributed by atoms with Gasteiger partial charge in [0.05, 0.1) is 0 Å². The van der Waals surface area contributed by atoms with Crippen LogP contribution in [-0.2, 0) is 11.8 Å². The lowest BCUT2D eigenvalue weighted by molar-refractivity contribution is 0.0269. The Labute approximate surface area is 123 Å². The zero-order valence-electron chi connectivity index (χ0n) is 12.8. The molecule has 0 amide bonds. The molecule has 1 spiro atoms. The van der Waals surface area contributed by atoms with E-state index in [1.54, 1.807) is 11.1 Å². The van der Waals surface area contributed by atoms with Crippen LogP contribution in [0.4, 0.5) is 0 Å². The summed E-state index contributed by atoms with van der Waals surface area (Å²) in [6.07, 6.45) is 9.98. The van der Waals surface area contributed by atoms with Crippen LogP contribution in [0.2, 0.25) is 0 Å². The molecule has 1 aliphatic heterocycles. The van der Waals surface area contributed by atoms with E-state index >= 15 is 0 Å². The Morgan fingerprint density at radius 1 is 1.10 bits per heavy atom. The molecule has 108 valence electrons. The summed E-state index contributed by atoms with van der Waals surface area (Å²) in [5.74, 6) is 1.91. The predicted molar refractivity (Wildman–Crippen MR) is 84.0 cm³/mol. The maximum Gasteiger partial charge on any atom is 0.000959 e. The van der Waals surface area contributed by atoms with E-state index in [0.717, 1.165) is 11.8 Å².